The third kappa shape index (κ3) is 5.14. The van der Waals surface area contributed by atoms with E-state index in [2.05, 4.69) is 37.5 Å². The van der Waals surface area contributed by atoms with E-state index in [1.54, 1.807) is 14.2 Å². The van der Waals surface area contributed by atoms with Gasteiger partial charge in [-0.25, -0.2) is 0 Å². The maximum Gasteiger partial charge on any atom is 0.240 e. The van der Waals surface area contributed by atoms with E-state index in [1.165, 1.54) is 4.88 Å². The van der Waals surface area contributed by atoms with Gasteiger partial charge in [0.2, 0.25) is 5.89 Å². The summed E-state index contributed by atoms with van der Waals surface area (Å²) in [4.78, 5) is 10.9. The third-order valence-corrected chi connectivity index (χ3v) is 5.96. The minimum Gasteiger partial charge on any atom is -0.493 e. The van der Waals surface area contributed by atoms with Crippen LogP contribution < -0.4 is 9.47 Å². The summed E-state index contributed by atoms with van der Waals surface area (Å²) in [5.41, 5.74) is 1.05. The van der Waals surface area contributed by atoms with Gasteiger partial charge in [-0.3, -0.25) is 9.80 Å². The minimum atomic E-state index is 0.596. The summed E-state index contributed by atoms with van der Waals surface area (Å²) in [7, 11) is 3.26. The van der Waals surface area contributed by atoms with Crippen LogP contribution in [0.3, 0.4) is 0 Å². The van der Waals surface area contributed by atoms with Crippen LogP contribution in [-0.4, -0.2) is 60.3 Å². The lowest BCUT2D eigenvalue weighted by atomic mass is 10.1. The van der Waals surface area contributed by atoms with Crippen LogP contribution in [0.25, 0.3) is 0 Å². The number of methoxy groups -OCH3 is 2. The molecule has 0 atom stereocenters. The molecule has 0 amide bonds. The van der Waals surface area contributed by atoms with E-state index in [9.17, 15) is 0 Å². The molecule has 0 radical (unpaired) electrons. The average molecular weight is 415 g/mol. The second kappa shape index (κ2) is 9.39. The third-order valence-electron chi connectivity index (χ3n) is 5.10. The van der Waals surface area contributed by atoms with Crippen LogP contribution in [0.1, 0.15) is 22.2 Å². The number of hydrogen-bond donors (Lipinski definition) is 0. The molecule has 2 aromatic heterocycles. The highest BCUT2D eigenvalue weighted by molar-refractivity contribution is 7.09. The Bertz CT molecular complexity index is 905. The van der Waals surface area contributed by atoms with Gasteiger partial charge in [-0.2, -0.15) is 4.98 Å². The number of rotatable bonds is 8. The number of hydrogen-bond acceptors (Lipinski definition) is 8. The van der Waals surface area contributed by atoms with Gasteiger partial charge in [0, 0.05) is 44.0 Å². The van der Waals surface area contributed by atoms with E-state index in [0.29, 0.717) is 36.2 Å². The Morgan fingerprint density at radius 2 is 1.76 bits per heavy atom. The van der Waals surface area contributed by atoms with E-state index >= 15 is 0 Å². The molecule has 0 bridgehead atoms. The zero-order valence-electron chi connectivity index (χ0n) is 16.8. The number of piperazine rings is 1. The standard InChI is InChI=1S/C21H26N4O3S/c1-26-18-6-5-16(12-19(18)27-2)13-20-22-21(28-23-20)15-25-9-7-24(8-10-25)14-17-4-3-11-29-17/h3-6,11-12H,7-10,13-15H2,1-2H3. The van der Waals surface area contributed by atoms with Crippen molar-refractivity contribution in [2.75, 3.05) is 40.4 Å². The second-order valence-electron chi connectivity index (χ2n) is 7.10. The van der Waals surface area contributed by atoms with Crippen LogP contribution in [0, 0.1) is 0 Å². The second-order valence-corrected chi connectivity index (χ2v) is 8.13. The van der Waals surface area contributed by atoms with E-state index in [1.807, 2.05) is 29.5 Å². The van der Waals surface area contributed by atoms with Crippen molar-refractivity contribution in [2.24, 2.45) is 0 Å². The molecule has 29 heavy (non-hydrogen) atoms. The summed E-state index contributed by atoms with van der Waals surface area (Å²) in [6.45, 7) is 5.89. The Morgan fingerprint density at radius 3 is 2.45 bits per heavy atom. The first-order valence-electron chi connectivity index (χ1n) is 9.73. The van der Waals surface area contributed by atoms with Crippen molar-refractivity contribution in [1.29, 1.82) is 0 Å². The van der Waals surface area contributed by atoms with Gasteiger partial charge in [-0.1, -0.05) is 17.3 Å². The Kier molecular flexibility index (Phi) is 6.43. The minimum absolute atomic E-state index is 0.596. The number of thiophene rings is 1. The maximum atomic E-state index is 5.48. The average Bonchev–Trinajstić information content (AvgIpc) is 3.41. The topological polar surface area (TPSA) is 63.9 Å². The number of benzene rings is 1. The zero-order chi connectivity index (χ0) is 20.1. The van der Waals surface area contributed by atoms with Crippen LogP contribution in [-0.2, 0) is 19.5 Å². The van der Waals surface area contributed by atoms with Crippen molar-refractivity contribution in [2.45, 2.75) is 19.5 Å². The molecule has 0 N–H and O–H groups in total. The Morgan fingerprint density at radius 1 is 1.00 bits per heavy atom. The molecule has 0 aliphatic carbocycles. The fourth-order valence-corrected chi connectivity index (χ4v) is 4.27. The molecule has 1 saturated heterocycles. The molecule has 0 saturated carbocycles. The summed E-state index contributed by atoms with van der Waals surface area (Å²) in [5, 5.41) is 6.29. The van der Waals surface area contributed by atoms with Crippen molar-refractivity contribution < 1.29 is 14.0 Å². The Balaban J connectivity index is 1.28. The lowest BCUT2D eigenvalue weighted by Gasteiger charge is -2.33. The van der Waals surface area contributed by atoms with Crippen molar-refractivity contribution >= 4 is 11.3 Å². The van der Waals surface area contributed by atoms with Crippen LogP contribution >= 0.6 is 11.3 Å². The molecule has 7 nitrogen and oxygen atoms in total. The van der Waals surface area contributed by atoms with Crippen LogP contribution in [0.4, 0.5) is 0 Å². The molecular weight excluding hydrogens is 388 g/mol. The fraction of sp³-hybridized carbons (Fsp3) is 0.429. The molecule has 3 heterocycles. The summed E-state index contributed by atoms with van der Waals surface area (Å²) < 4.78 is 16.1. The molecule has 0 spiro atoms. The maximum absolute atomic E-state index is 5.48. The first-order valence-corrected chi connectivity index (χ1v) is 10.6. The van der Waals surface area contributed by atoms with E-state index in [4.69, 9.17) is 14.0 Å². The van der Waals surface area contributed by atoms with Crippen LogP contribution in [0.2, 0.25) is 0 Å². The highest BCUT2D eigenvalue weighted by atomic mass is 32.1. The predicted molar refractivity (Wildman–Crippen MR) is 112 cm³/mol. The van der Waals surface area contributed by atoms with Gasteiger partial charge in [-0.15, -0.1) is 11.3 Å². The predicted octanol–water partition coefficient (Wildman–Crippen LogP) is 3.06. The van der Waals surface area contributed by atoms with Gasteiger partial charge in [0.25, 0.3) is 0 Å². The highest BCUT2D eigenvalue weighted by Gasteiger charge is 2.19. The molecule has 1 aliphatic rings. The zero-order valence-corrected chi connectivity index (χ0v) is 17.7. The molecule has 3 aromatic rings. The highest BCUT2D eigenvalue weighted by Crippen LogP contribution is 2.28. The lowest BCUT2D eigenvalue weighted by Crippen LogP contribution is -2.45. The van der Waals surface area contributed by atoms with Crippen molar-refractivity contribution in [3.05, 3.63) is 57.9 Å². The monoisotopic (exact) mass is 414 g/mol. The number of nitrogens with zero attached hydrogens (tertiary/aromatic N) is 4. The van der Waals surface area contributed by atoms with Gasteiger partial charge in [0.05, 0.1) is 20.8 Å². The van der Waals surface area contributed by atoms with E-state index in [0.717, 1.165) is 38.3 Å². The SMILES string of the molecule is COc1ccc(Cc2noc(CN3CCN(Cc4cccs4)CC3)n2)cc1OC. The first kappa shape index (κ1) is 19.9. The van der Waals surface area contributed by atoms with Gasteiger partial charge >= 0.3 is 0 Å². The summed E-state index contributed by atoms with van der Waals surface area (Å²) in [6, 6.07) is 10.2. The first-order chi connectivity index (χ1) is 14.2. The fourth-order valence-electron chi connectivity index (χ4n) is 3.52. The molecule has 4 rings (SSSR count). The van der Waals surface area contributed by atoms with E-state index < -0.39 is 0 Å². The largest absolute Gasteiger partial charge is 0.493 e. The van der Waals surface area contributed by atoms with Crippen molar-refractivity contribution in [3.8, 4) is 11.5 Å². The smallest absolute Gasteiger partial charge is 0.240 e. The van der Waals surface area contributed by atoms with Crippen molar-refractivity contribution in [3.63, 3.8) is 0 Å². The Hall–Kier alpha value is -2.42. The number of aromatic nitrogens is 2. The van der Waals surface area contributed by atoms with Gasteiger partial charge < -0.3 is 14.0 Å². The van der Waals surface area contributed by atoms with Gasteiger partial charge in [0.1, 0.15) is 0 Å². The summed E-state index contributed by atoms with van der Waals surface area (Å²) in [6.07, 6.45) is 0.596. The van der Waals surface area contributed by atoms with Gasteiger partial charge in [-0.05, 0) is 29.1 Å². The summed E-state index contributed by atoms with van der Waals surface area (Å²) in [5.74, 6) is 2.77. The molecular formula is C21H26N4O3S. The molecule has 8 heteroatoms. The van der Waals surface area contributed by atoms with E-state index in [-0.39, 0.29) is 0 Å². The van der Waals surface area contributed by atoms with Crippen LogP contribution in [0.15, 0.2) is 40.2 Å². The van der Waals surface area contributed by atoms with Crippen LogP contribution in [0.5, 0.6) is 11.5 Å². The number of ether oxygens (including phenoxy) is 2. The molecule has 1 aliphatic heterocycles. The molecule has 0 unspecified atom stereocenters. The molecule has 1 aromatic carbocycles. The Labute approximate surface area is 174 Å². The summed E-state index contributed by atoms with van der Waals surface area (Å²) >= 11 is 1.82. The molecule has 1 fully saturated rings. The van der Waals surface area contributed by atoms with Gasteiger partial charge in [0.15, 0.2) is 17.3 Å². The lowest BCUT2D eigenvalue weighted by molar-refractivity contribution is 0.113. The van der Waals surface area contributed by atoms with Crippen molar-refractivity contribution in [1.82, 2.24) is 19.9 Å². The normalized spacial score (nSPS) is 15.5. The molecule has 154 valence electrons. The quantitative estimate of drug-likeness (QED) is 0.561.